The molecule has 0 aromatic rings. The van der Waals surface area contributed by atoms with E-state index in [1.807, 2.05) is 0 Å². The summed E-state index contributed by atoms with van der Waals surface area (Å²) in [6, 6.07) is 0. The van der Waals surface area contributed by atoms with Gasteiger partial charge in [0.1, 0.15) is 0 Å². The first-order valence-electron chi connectivity index (χ1n) is 7.66. The van der Waals surface area contributed by atoms with E-state index in [0.29, 0.717) is 18.9 Å². The molecule has 0 aromatic carbocycles. The number of rotatable bonds is 0. The lowest BCUT2D eigenvalue weighted by molar-refractivity contribution is -0.285. The molecule has 2 heterocycles. The highest BCUT2D eigenvalue weighted by molar-refractivity contribution is 7.90. The molecule has 6 heteroatoms. The van der Waals surface area contributed by atoms with Crippen LogP contribution in [0.5, 0.6) is 0 Å². The second-order valence-electron chi connectivity index (χ2n) is 8.47. The molecule has 21 heavy (non-hydrogen) atoms. The Kier molecular flexibility index (Phi) is 2.39. The van der Waals surface area contributed by atoms with Crippen molar-refractivity contribution in [1.82, 2.24) is 0 Å². The van der Waals surface area contributed by atoms with E-state index in [9.17, 15) is 8.42 Å². The van der Waals surface area contributed by atoms with Crippen molar-refractivity contribution in [2.75, 3.05) is 19.0 Å². The van der Waals surface area contributed by atoms with Gasteiger partial charge in [0.25, 0.3) is 10.0 Å². The zero-order valence-corrected chi connectivity index (χ0v) is 13.9. The fourth-order valence-corrected chi connectivity index (χ4v) is 6.90. The van der Waals surface area contributed by atoms with Gasteiger partial charge in [0.15, 0.2) is 0 Å². The van der Waals surface area contributed by atoms with Crippen molar-refractivity contribution in [2.24, 2.45) is 26.6 Å². The average Bonchev–Trinajstić information content (AvgIpc) is 2.82. The van der Waals surface area contributed by atoms with Crippen molar-refractivity contribution in [2.45, 2.75) is 46.3 Å². The maximum Gasteiger partial charge on any atom is 0.254 e. The fourth-order valence-electron chi connectivity index (χ4n) is 4.98. The summed E-state index contributed by atoms with van der Waals surface area (Å²) >= 11 is 0. The SMILES string of the molecule is CC1(C)COC2(OC1)C1=NS(=O)(=O)C[C@@]13CC[C@H]2C3(C)C. The molecule has 0 N–H and O–H groups in total. The molecule has 0 radical (unpaired) electrons. The lowest BCUT2D eigenvalue weighted by Gasteiger charge is -2.46. The van der Waals surface area contributed by atoms with Gasteiger partial charge in [-0.05, 0) is 18.3 Å². The number of ether oxygens (including phenoxy) is 2. The summed E-state index contributed by atoms with van der Waals surface area (Å²) in [6.45, 7) is 9.66. The summed E-state index contributed by atoms with van der Waals surface area (Å²) in [5.74, 6) is -0.590. The third-order valence-corrected chi connectivity index (χ3v) is 7.54. The number of fused-ring (bicyclic) bond motifs is 3. The van der Waals surface area contributed by atoms with Crippen LogP contribution in [0.4, 0.5) is 0 Å². The van der Waals surface area contributed by atoms with E-state index in [0.717, 1.165) is 12.8 Å². The molecular formula is C15H23NO4S. The summed E-state index contributed by atoms with van der Waals surface area (Å²) in [6.07, 6.45) is 1.82. The topological polar surface area (TPSA) is 65.0 Å². The van der Waals surface area contributed by atoms with Gasteiger partial charge in [0.2, 0.25) is 5.79 Å². The molecule has 0 aromatic heterocycles. The van der Waals surface area contributed by atoms with E-state index >= 15 is 0 Å². The van der Waals surface area contributed by atoms with Gasteiger partial charge in [-0.2, -0.15) is 4.40 Å². The number of hydrogen-bond donors (Lipinski definition) is 0. The molecular weight excluding hydrogens is 290 g/mol. The molecule has 2 aliphatic carbocycles. The Labute approximate surface area is 126 Å². The maximum absolute atomic E-state index is 12.2. The number of nitrogens with zero attached hydrogens (tertiary/aromatic N) is 1. The molecule has 0 amide bonds. The number of hydrogen-bond acceptors (Lipinski definition) is 4. The van der Waals surface area contributed by atoms with Crippen molar-refractivity contribution in [1.29, 1.82) is 0 Å². The molecule has 4 rings (SSSR count). The van der Waals surface area contributed by atoms with Gasteiger partial charge in [-0.25, -0.2) is 8.42 Å². The van der Waals surface area contributed by atoms with Crippen LogP contribution in [0, 0.1) is 22.2 Å². The largest absolute Gasteiger partial charge is 0.344 e. The smallest absolute Gasteiger partial charge is 0.254 e. The van der Waals surface area contributed by atoms with Crippen molar-refractivity contribution < 1.29 is 17.9 Å². The van der Waals surface area contributed by atoms with E-state index in [-0.39, 0.29) is 22.5 Å². The summed E-state index contributed by atoms with van der Waals surface area (Å²) in [4.78, 5) is 0. The third-order valence-electron chi connectivity index (χ3n) is 6.22. The highest BCUT2D eigenvalue weighted by Gasteiger charge is 2.78. The lowest BCUT2D eigenvalue weighted by atomic mass is 9.70. The van der Waals surface area contributed by atoms with Gasteiger partial charge in [-0.15, -0.1) is 0 Å². The van der Waals surface area contributed by atoms with Crippen LogP contribution >= 0.6 is 0 Å². The monoisotopic (exact) mass is 313 g/mol. The summed E-state index contributed by atoms with van der Waals surface area (Å²) in [5, 5.41) is 0. The van der Waals surface area contributed by atoms with E-state index < -0.39 is 21.2 Å². The maximum atomic E-state index is 12.2. The van der Waals surface area contributed by atoms with E-state index in [2.05, 4.69) is 32.1 Å². The van der Waals surface area contributed by atoms with Crippen LogP contribution < -0.4 is 0 Å². The van der Waals surface area contributed by atoms with Crippen LogP contribution in [-0.4, -0.2) is 38.9 Å². The third kappa shape index (κ3) is 1.49. The first-order valence-corrected chi connectivity index (χ1v) is 9.27. The highest BCUT2D eigenvalue weighted by atomic mass is 32.2. The minimum atomic E-state index is -3.40. The molecule has 2 atom stereocenters. The van der Waals surface area contributed by atoms with Gasteiger partial charge >= 0.3 is 0 Å². The fraction of sp³-hybridized carbons (Fsp3) is 0.933. The summed E-state index contributed by atoms with van der Waals surface area (Å²) in [5.41, 5.74) is 0.0730. The van der Waals surface area contributed by atoms with Gasteiger partial charge in [-0.1, -0.05) is 27.7 Å². The quantitative estimate of drug-likeness (QED) is 0.686. The second-order valence-corrected chi connectivity index (χ2v) is 10.1. The molecule has 118 valence electrons. The lowest BCUT2D eigenvalue weighted by Crippen LogP contribution is -2.56. The zero-order valence-electron chi connectivity index (χ0n) is 13.1. The molecule has 2 aliphatic heterocycles. The van der Waals surface area contributed by atoms with Crippen LogP contribution in [0.15, 0.2) is 4.40 Å². The molecule has 2 bridgehead atoms. The molecule has 3 fully saturated rings. The average molecular weight is 313 g/mol. The van der Waals surface area contributed by atoms with Crippen LogP contribution in [-0.2, 0) is 19.5 Å². The molecule has 2 spiro atoms. The Balaban J connectivity index is 1.87. The Bertz CT molecular complexity index is 639. The normalized spacial score (nSPS) is 43.8. The van der Waals surface area contributed by atoms with Gasteiger partial charge in [0.05, 0.1) is 24.7 Å². The molecule has 5 nitrogen and oxygen atoms in total. The molecule has 2 saturated carbocycles. The molecule has 4 aliphatic rings. The van der Waals surface area contributed by atoms with Crippen LogP contribution in [0.2, 0.25) is 0 Å². The predicted molar refractivity (Wildman–Crippen MR) is 78.6 cm³/mol. The Morgan fingerprint density at radius 2 is 1.76 bits per heavy atom. The van der Waals surface area contributed by atoms with Crippen LogP contribution in [0.1, 0.15) is 40.5 Å². The number of sulfonamides is 1. The van der Waals surface area contributed by atoms with E-state index in [4.69, 9.17) is 9.47 Å². The standard InChI is InChI=1S/C15H23NO4S/c1-12(2)7-19-15(20-8-12)10-5-6-14(13(10,3)4)9-21(17,18)16-11(14)15/h10H,5-9H2,1-4H3/t10-,14-/m0/s1. The Hall–Kier alpha value is -0.460. The first-order chi connectivity index (χ1) is 9.55. The predicted octanol–water partition coefficient (Wildman–Crippen LogP) is 1.98. The summed E-state index contributed by atoms with van der Waals surface area (Å²) in [7, 11) is -3.40. The van der Waals surface area contributed by atoms with Gasteiger partial charge in [0, 0.05) is 16.7 Å². The van der Waals surface area contributed by atoms with Crippen LogP contribution in [0.25, 0.3) is 0 Å². The minimum Gasteiger partial charge on any atom is -0.344 e. The van der Waals surface area contributed by atoms with Gasteiger partial charge in [-0.3, -0.25) is 0 Å². The Morgan fingerprint density at radius 3 is 2.38 bits per heavy atom. The summed E-state index contributed by atoms with van der Waals surface area (Å²) < 4.78 is 40.8. The van der Waals surface area contributed by atoms with E-state index in [1.54, 1.807) is 0 Å². The van der Waals surface area contributed by atoms with E-state index in [1.165, 1.54) is 0 Å². The Morgan fingerprint density at radius 1 is 1.14 bits per heavy atom. The molecule has 0 unspecified atom stereocenters. The van der Waals surface area contributed by atoms with Crippen LogP contribution in [0.3, 0.4) is 0 Å². The van der Waals surface area contributed by atoms with Crippen molar-refractivity contribution in [3.8, 4) is 0 Å². The highest BCUT2D eigenvalue weighted by Crippen LogP contribution is 2.71. The molecule has 1 saturated heterocycles. The van der Waals surface area contributed by atoms with Gasteiger partial charge < -0.3 is 9.47 Å². The van der Waals surface area contributed by atoms with Crippen molar-refractivity contribution in [3.05, 3.63) is 0 Å². The minimum absolute atomic E-state index is 0.0393. The van der Waals surface area contributed by atoms with Crippen molar-refractivity contribution in [3.63, 3.8) is 0 Å². The van der Waals surface area contributed by atoms with Crippen molar-refractivity contribution >= 4 is 15.7 Å². The first kappa shape index (κ1) is 14.2. The second kappa shape index (κ2) is 3.54. The zero-order chi connectivity index (χ0) is 15.3.